The van der Waals surface area contributed by atoms with Crippen LogP contribution in [0, 0.1) is 0 Å². The number of aliphatic hydroxyl groups excluding tert-OH is 1. The Hall–Kier alpha value is -1.29. The van der Waals surface area contributed by atoms with E-state index in [-0.39, 0.29) is 6.61 Å². The van der Waals surface area contributed by atoms with E-state index < -0.39 is 0 Å². The number of benzene rings is 1. The quantitative estimate of drug-likeness (QED) is 0.925. The van der Waals surface area contributed by atoms with Gasteiger partial charge in [0.1, 0.15) is 16.5 Å². The lowest BCUT2D eigenvalue weighted by Crippen LogP contribution is -1.91. The molecule has 2 rings (SSSR count). The Balaban J connectivity index is 2.28. The predicted molar refractivity (Wildman–Crippen MR) is 66.7 cm³/mol. The van der Waals surface area contributed by atoms with Gasteiger partial charge in [0.2, 0.25) is 0 Å². The molecule has 88 valence electrons. The van der Waals surface area contributed by atoms with Crippen molar-refractivity contribution in [2.24, 2.45) is 0 Å². The lowest BCUT2D eigenvalue weighted by atomic mass is 10.3. The highest BCUT2D eigenvalue weighted by Crippen LogP contribution is 2.34. The first-order valence-corrected chi connectivity index (χ1v) is 5.64. The molecule has 2 aromatic rings. The van der Waals surface area contributed by atoms with Gasteiger partial charge in [0, 0.05) is 12.3 Å². The largest absolute Gasteiger partial charge is 0.456 e. The van der Waals surface area contributed by atoms with Crippen molar-refractivity contribution >= 4 is 23.2 Å². The number of hydrogen-bond donors (Lipinski definition) is 1. The minimum absolute atomic E-state index is 0.138. The third kappa shape index (κ3) is 2.88. The van der Waals surface area contributed by atoms with E-state index in [0.717, 1.165) is 0 Å². The number of hydrogen-bond acceptors (Lipinski definition) is 3. The minimum atomic E-state index is -0.138. The summed E-state index contributed by atoms with van der Waals surface area (Å²) in [5.74, 6) is 1.02. The van der Waals surface area contributed by atoms with Crippen molar-refractivity contribution in [3.8, 4) is 11.5 Å². The van der Waals surface area contributed by atoms with Gasteiger partial charge in [0.05, 0.1) is 17.3 Å². The lowest BCUT2D eigenvalue weighted by molar-refractivity contribution is 0.276. The number of aliphatic hydroxyl groups is 1. The van der Waals surface area contributed by atoms with Crippen LogP contribution in [0.3, 0.4) is 0 Å². The molecule has 0 radical (unpaired) electrons. The maximum Gasteiger partial charge on any atom is 0.147 e. The summed E-state index contributed by atoms with van der Waals surface area (Å²) in [6, 6.07) is 8.46. The molecule has 0 aliphatic heterocycles. The summed E-state index contributed by atoms with van der Waals surface area (Å²) in [6.07, 6.45) is 1.55. The summed E-state index contributed by atoms with van der Waals surface area (Å²) in [6.45, 7) is -0.138. The Labute approximate surface area is 109 Å². The van der Waals surface area contributed by atoms with E-state index in [1.54, 1.807) is 36.5 Å². The standard InChI is InChI=1S/C12H9Cl2NO2/c13-10-2-1-3-11(12(10)14)17-9-4-5-15-8(6-9)7-16/h1-6,16H,7H2. The van der Waals surface area contributed by atoms with Crippen LogP contribution in [0.4, 0.5) is 0 Å². The highest BCUT2D eigenvalue weighted by atomic mass is 35.5. The first-order chi connectivity index (χ1) is 8.20. The van der Waals surface area contributed by atoms with Gasteiger partial charge in [0.25, 0.3) is 0 Å². The van der Waals surface area contributed by atoms with Crippen molar-refractivity contribution in [3.05, 3.63) is 52.3 Å². The second-order valence-corrected chi connectivity index (χ2v) is 4.08. The van der Waals surface area contributed by atoms with Crippen molar-refractivity contribution in [1.29, 1.82) is 0 Å². The fourth-order valence-electron chi connectivity index (χ4n) is 1.30. The van der Waals surface area contributed by atoms with Crippen LogP contribution < -0.4 is 4.74 Å². The maximum absolute atomic E-state index is 8.96. The number of nitrogens with zero attached hydrogens (tertiary/aromatic N) is 1. The van der Waals surface area contributed by atoms with E-state index in [1.807, 2.05) is 0 Å². The van der Waals surface area contributed by atoms with Gasteiger partial charge in [-0.15, -0.1) is 0 Å². The molecule has 1 heterocycles. The molecule has 0 aliphatic rings. The van der Waals surface area contributed by atoms with Crippen molar-refractivity contribution in [2.75, 3.05) is 0 Å². The summed E-state index contributed by atoms with van der Waals surface area (Å²) >= 11 is 11.9. The molecule has 17 heavy (non-hydrogen) atoms. The molecule has 1 aromatic heterocycles. The molecule has 3 nitrogen and oxygen atoms in total. The average molecular weight is 270 g/mol. The van der Waals surface area contributed by atoms with Gasteiger partial charge in [-0.3, -0.25) is 4.98 Å². The van der Waals surface area contributed by atoms with Crippen LogP contribution in [0.2, 0.25) is 10.0 Å². The molecule has 0 fully saturated rings. The van der Waals surface area contributed by atoms with Gasteiger partial charge in [-0.05, 0) is 18.2 Å². The molecule has 0 saturated heterocycles. The highest BCUT2D eigenvalue weighted by molar-refractivity contribution is 6.42. The van der Waals surface area contributed by atoms with E-state index in [2.05, 4.69) is 4.98 Å². The van der Waals surface area contributed by atoms with Gasteiger partial charge >= 0.3 is 0 Å². The predicted octanol–water partition coefficient (Wildman–Crippen LogP) is 3.67. The van der Waals surface area contributed by atoms with Crippen molar-refractivity contribution in [2.45, 2.75) is 6.61 Å². The zero-order valence-corrected chi connectivity index (χ0v) is 10.2. The van der Waals surface area contributed by atoms with E-state index in [1.165, 1.54) is 0 Å². The second kappa shape index (κ2) is 5.36. The molecule has 0 atom stereocenters. The Morgan fingerprint density at radius 3 is 2.82 bits per heavy atom. The van der Waals surface area contributed by atoms with Crippen molar-refractivity contribution < 1.29 is 9.84 Å². The number of halogens is 2. The molecule has 5 heteroatoms. The van der Waals surface area contributed by atoms with Gasteiger partial charge in [-0.2, -0.15) is 0 Å². The number of rotatable bonds is 3. The first-order valence-electron chi connectivity index (χ1n) is 4.88. The summed E-state index contributed by atoms with van der Waals surface area (Å²) in [7, 11) is 0. The third-order valence-electron chi connectivity index (χ3n) is 2.09. The third-order valence-corrected chi connectivity index (χ3v) is 2.90. The summed E-state index contributed by atoms with van der Waals surface area (Å²) in [5, 5.41) is 9.75. The summed E-state index contributed by atoms with van der Waals surface area (Å²) in [5.41, 5.74) is 0.528. The monoisotopic (exact) mass is 269 g/mol. The number of aromatic nitrogens is 1. The number of pyridine rings is 1. The number of ether oxygens (including phenoxy) is 1. The van der Waals surface area contributed by atoms with Crippen LogP contribution in [0.25, 0.3) is 0 Å². The van der Waals surface area contributed by atoms with Crippen LogP contribution in [0.15, 0.2) is 36.5 Å². The van der Waals surface area contributed by atoms with Crippen molar-refractivity contribution in [3.63, 3.8) is 0 Å². The second-order valence-electron chi connectivity index (χ2n) is 3.30. The molecule has 0 aliphatic carbocycles. The van der Waals surface area contributed by atoms with Crippen LogP contribution in [-0.4, -0.2) is 10.1 Å². The molecule has 1 aromatic carbocycles. The molecule has 1 N–H and O–H groups in total. The molecular formula is C12H9Cl2NO2. The van der Waals surface area contributed by atoms with Crippen molar-refractivity contribution in [1.82, 2.24) is 4.98 Å². The maximum atomic E-state index is 8.96. The van der Waals surface area contributed by atoms with E-state index >= 15 is 0 Å². The smallest absolute Gasteiger partial charge is 0.147 e. The molecule has 0 amide bonds. The van der Waals surface area contributed by atoms with Gasteiger partial charge in [-0.1, -0.05) is 29.3 Å². The molecule has 0 unspecified atom stereocenters. The van der Waals surface area contributed by atoms with Gasteiger partial charge in [-0.25, -0.2) is 0 Å². The topological polar surface area (TPSA) is 42.4 Å². The van der Waals surface area contributed by atoms with E-state index in [9.17, 15) is 0 Å². The van der Waals surface area contributed by atoms with E-state index in [4.69, 9.17) is 33.0 Å². The normalized spacial score (nSPS) is 10.3. The van der Waals surface area contributed by atoms with E-state index in [0.29, 0.717) is 27.2 Å². The zero-order chi connectivity index (χ0) is 12.3. The zero-order valence-electron chi connectivity index (χ0n) is 8.73. The fourth-order valence-corrected chi connectivity index (χ4v) is 1.63. The minimum Gasteiger partial charge on any atom is -0.456 e. The van der Waals surface area contributed by atoms with Crippen LogP contribution in [0.5, 0.6) is 11.5 Å². The molecule has 0 spiro atoms. The molecule has 0 saturated carbocycles. The fraction of sp³-hybridized carbons (Fsp3) is 0.0833. The van der Waals surface area contributed by atoms with Crippen LogP contribution >= 0.6 is 23.2 Å². The van der Waals surface area contributed by atoms with Gasteiger partial charge in [0.15, 0.2) is 0 Å². The van der Waals surface area contributed by atoms with Crippen LogP contribution in [-0.2, 0) is 6.61 Å². The Bertz CT molecular complexity index is 532. The Morgan fingerprint density at radius 1 is 1.24 bits per heavy atom. The SMILES string of the molecule is OCc1cc(Oc2cccc(Cl)c2Cl)ccn1. The Kier molecular flexibility index (Phi) is 3.84. The molecular weight excluding hydrogens is 261 g/mol. The average Bonchev–Trinajstić information content (AvgIpc) is 2.35. The Morgan fingerprint density at radius 2 is 2.06 bits per heavy atom. The summed E-state index contributed by atoms with van der Waals surface area (Å²) in [4.78, 5) is 3.95. The van der Waals surface area contributed by atoms with Gasteiger partial charge < -0.3 is 9.84 Å². The first kappa shape index (κ1) is 12.2. The highest BCUT2D eigenvalue weighted by Gasteiger charge is 2.06. The lowest BCUT2D eigenvalue weighted by Gasteiger charge is -2.08. The summed E-state index contributed by atoms with van der Waals surface area (Å²) < 4.78 is 5.56. The van der Waals surface area contributed by atoms with Crippen LogP contribution in [0.1, 0.15) is 5.69 Å². The molecule has 0 bridgehead atoms.